The van der Waals surface area contributed by atoms with E-state index in [0.29, 0.717) is 18.9 Å². The fourth-order valence-corrected chi connectivity index (χ4v) is 2.22. The van der Waals surface area contributed by atoms with Gasteiger partial charge in [0, 0.05) is 10.6 Å². The molecule has 0 bridgehead atoms. The number of hydrogen-bond acceptors (Lipinski definition) is 4. The lowest BCUT2D eigenvalue weighted by atomic mass is 10.2. The quantitative estimate of drug-likeness (QED) is 0.636. The maximum atomic E-state index is 13.0. The number of hydrogen-bond donors (Lipinski definition) is 2. The van der Waals surface area contributed by atoms with Crippen LogP contribution >= 0.6 is 11.3 Å². The van der Waals surface area contributed by atoms with Gasteiger partial charge in [-0.2, -0.15) is 0 Å². The molecule has 1 heterocycles. The minimum Gasteiger partial charge on any atom is -0.396 e. The zero-order valence-electron chi connectivity index (χ0n) is 10.8. The third-order valence-corrected chi connectivity index (χ3v) is 3.43. The van der Waals surface area contributed by atoms with Gasteiger partial charge in [-0.1, -0.05) is 6.07 Å². The molecule has 4 nitrogen and oxygen atoms in total. The van der Waals surface area contributed by atoms with Crippen LogP contribution in [0.4, 0.5) is 15.8 Å². The van der Waals surface area contributed by atoms with Crippen LogP contribution in [0.5, 0.6) is 0 Å². The predicted octanol–water partition coefficient (Wildman–Crippen LogP) is 3.01. The Kier molecular flexibility index (Phi) is 5.09. The first-order chi connectivity index (χ1) is 9.65. The molecule has 3 N–H and O–H groups in total. The van der Waals surface area contributed by atoms with Crippen molar-refractivity contribution >= 4 is 28.6 Å². The molecular formula is C14H15FN2O2S. The van der Waals surface area contributed by atoms with Gasteiger partial charge in [-0.15, -0.1) is 11.3 Å². The van der Waals surface area contributed by atoms with Gasteiger partial charge >= 0.3 is 0 Å². The van der Waals surface area contributed by atoms with E-state index in [-0.39, 0.29) is 18.0 Å². The first-order valence-electron chi connectivity index (χ1n) is 6.10. The molecule has 2 rings (SSSR count). The van der Waals surface area contributed by atoms with Crippen molar-refractivity contribution in [3.63, 3.8) is 0 Å². The molecule has 0 aliphatic heterocycles. The van der Waals surface area contributed by atoms with Crippen LogP contribution in [0.3, 0.4) is 0 Å². The van der Waals surface area contributed by atoms with Gasteiger partial charge in [-0.3, -0.25) is 4.79 Å². The van der Waals surface area contributed by atoms with Gasteiger partial charge in [-0.05, 0) is 29.6 Å². The van der Waals surface area contributed by atoms with Crippen LogP contribution in [0.2, 0.25) is 0 Å². The minimum atomic E-state index is -0.498. The molecule has 0 saturated heterocycles. The van der Waals surface area contributed by atoms with Crippen molar-refractivity contribution in [2.75, 3.05) is 17.7 Å². The summed E-state index contributed by atoms with van der Waals surface area (Å²) in [6, 6.07) is 8.01. The summed E-state index contributed by atoms with van der Waals surface area (Å²) in [6.45, 7) is 0.842. The number of carbonyl (C=O) groups is 1. The summed E-state index contributed by atoms with van der Waals surface area (Å²) in [6.07, 6.45) is 0.239. The zero-order chi connectivity index (χ0) is 14.4. The van der Waals surface area contributed by atoms with Gasteiger partial charge in [0.15, 0.2) is 0 Å². The van der Waals surface area contributed by atoms with Gasteiger partial charge in [0.05, 0.1) is 25.3 Å². The molecule has 0 spiro atoms. The average molecular weight is 294 g/mol. The van der Waals surface area contributed by atoms with Crippen molar-refractivity contribution in [3.8, 4) is 0 Å². The highest BCUT2D eigenvalue weighted by atomic mass is 32.1. The Morgan fingerprint density at radius 2 is 2.25 bits per heavy atom. The zero-order valence-corrected chi connectivity index (χ0v) is 11.6. The Labute approximate surface area is 120 Å². The number of nitrogen functional groups attached to an aromatic ring is 1. The fraction of sp³-hybridized carbons (Fsp3) is 0.214. The minimum absolute atomic E-state index is 0.0109. The molecule has 1 aromatic carbocycles. The van der Waals surface area contributed by atoms with Crippen LogP contribution in [0.15, 0.2) is 35.7 Å². The summed E-state index contributed by atoms with van der Waals surface area (Å²) in [5.41, 5.74) is 5.91. The predicted molar refractivity (Wildman–Crippen MR) is 78.0 cm³/mol. The van der Waals surface area contributed by atoms with Crippen molar-refractivity contribution in [1.82, 2.24) is 0 Å². The van der Waals surface area contributed by atoms with E-state index in [4.69, 9.17) is 10.5 Å². The molecule has 0 aliphatic rings. The van der Waals surface area contributed by atoms with E-state index < -0.39 is 5.82 Å². The van der Waals surface area contributed by atoms with E-state index in [1.165, 1.54) is 18.2 Å². The number of anilines is 2. The second kappa shape index (κ2) is 7.02. The molecule has 106 valence electrons. The molecule has 0 radical (unpaired) electrons. The number of thiophene rings is 1. The SMILES string of the molecule is Nc1cc(NC(=O)CCOCc2cccs2)ccc1F. The third kappa shape index (κ3) is 4.32. The summed E-state index contributed by atoms with van der Waals surface area (Å²) < 4.78 is 18.4. The monoisotopic (exact) mass is 294 g/mol. The van der Waals surface area contributed by atoms with E-state index in [1.807, 2.05) is 17.5 Å². The summed E-state index contributed by atoms with van der Waals surface area (Å²) >= 11 is 1.61. The Hall–Kier alpha value is -1.92. The lowest BCUT2D eigenvalue weighted by Gasteiger charge is -2.07. The standard InChI is InChI=1S/C14H15FN2O2S/c15-12-4-3-10(8-13(12)16)17-14(18)5-6-19-9-11-2-1-7-20-11/h1-4,7-8H,5-6,9,16H2,(H,17,18). The van der Waals surface area contributed by atoms with Crippen molar-refractivity contribution in [2.45, 2.75) is 13.0 Å². The number of amides is 1. The van der Waals surface area contributed by atoms with Gasteiger partial charge in [0.2, 0.25) is 5.91 Å². The maximum absolute atomic E-state index is 13.0. The maximum Gasteiger partial charge on any atom is 0.226 e. The Morgan fingerprint density at radius 1 is 1.40 bits per heavy atom. The Morgan fingerprint density at radius 3 is 2.95 bits per heavy atom. The molecule has 0 unspecified atom stereocenters. The molecule has 20 heavy (non-hydrogen) atoms. The summed E-state index contributed by atoms with van der Waals surface area (Å²) in [4.78, 5) is 12.8. The second-order valence-corrected chi connectivity index (χ2v) is 5.20. The van der Waals surface area contributed by atoms with Crippen molar-refractivity contribution in [2.24, 2.45) is 0 Å². The third-order valence-electron chi connectivity index (χ3n) is 2.58. The van der Waals surface area contributed by atoms with Gasteiger partial charge < -0.3 is 15.8 Å². The molecule has 0 aliphatic carbocycles. The van der Waals surface area contributed by atoms with Crippen LogP contribution in [-0.4, -0.2) is 12.5 Å². The number of rotatable bonds is 6. The topological polar surface area (TPSA) is 64.3 Å². The molecule has 1 aromatic heterocycles. The highest BCUT2D eigenvalue weighted by molar-refractivity contribution is 7.09. The summed E-state index contributed by atoms with van der Waals surface area (Å²) in [5, 5.41) is 4.62. The number of nitrogens with two attached hydrogens (primary N) is 1. The molecule has 0 saturated carbocycles. The summed E-state index contributed by atoms with van der Waals surface area (Å²) in [7, 11) is 0. The summed E-state index contributed by atoms with van der Waals surface area (Å²) in [5.74, 6) is -0.690. The van der Waals surface area contributed by atoms with Crippen LogP contribution in [-0.2, 0) is 16.1 Å². The van der Waals surface area contributed by atoms with Crippen LogP contribution in [0.1, 0.15) is 11.3 Å². The highest BCUT2D eigenvalue weighted by Crippen LogP contribution is 2.16. The number of nitrogens with one attached hydrogen (secondary N) is 1. The van der Waals surface area contributed by atoms with Crippen LogP contribution in [0, 0.1) is 5.82 Å². The molecule has 2 aromatic rings. The van der Waals surface area contributed by atoms with E-state index in [0.717, 1.165) is 4.88 Å². The molecule has 0 fully saturated rings. The Bertz CT molecular complexity index is 573. The number of carbonyl (C=O) groups excluding carboxylic acids is 1. The largest absolute Gasteiger partial charge is 0.396 e. The average Bonchev–Trinajstić information content (AvgIpc) is 2.92. The second-order valence-electron chi connectivity index (χ2n) is 4.17. The van der Waals surface area contributed by atoms with E-state index >= 15 is 0 Å². The van der Waals surface area contributed by atoms with E-state index in [9.17, 15) is 9.18 Å². The molecule has 0 atom stereocenters. The fourth-order valence-electron chi connectivity index (χ4n) is 1.58. The van der Waals surface area contributed by atoms with Gasteiger partial charge in [0.1, 0.15) is 5.82 Å². The lowest BCUT2D eigenvalue weighted by molar-refractivity contribution is -0.117. The van der Waals surface area contributed by atoms with Crippen molar-refractivity contribution in [1.29, 1.82) is 0 Å². The van der Waals surface area contributed by atoms with Crippen molar-refractivity contribution < 1.29 is 13.9 Å². The first-order valence-corrected chi connectivity index (χ1v) is 6.98. The smallest absolute Gasteiger partial charge is 0.226 e. The normalized spacial score (nSPS) is 10.4. The van der Waals surface area contributed by atoms with Crippen LogP contribution < -0.4 is 11.1 Å². The van der Waals surface area contributed by atoms with E-state index in [2.05, 4.69) is 5.32 Å². The van der Waals surface area contributed by atoms with Crippen molar-refractivity contribution in [3.05, 3.63) is 46.4 Å². The number of benzene rings is 1. The molecule has 6 heteroatoms. The van der Waals surface area contributed by atoms with Crippen LogP contribution in [0.25, 0.3) is 0 Å². The number of ether oxygens (including phenoxy) is 1. The highest BCUT2D eigenvalue weighted by Gasteiger charge is 2.05. The Balaban J connectivity index is 1.71. The molecular weight excluding hydrogens is 279 g/mol. The number of halogens is 1. The lowest BCUT2D eigenvalue weighted by Crippen LogP contribution is -2.14. The van der Waals surface area contributed by atoms with Gasteiger partial charge in [0.25, 0.3) is 0 Å². The first kappa shape index (κ1) is 14.5. The van der Waals surface area contributed by atoms with E-state index in [1.54, 1.807) is 11.3 Å². The molecule has 1 amide bonds. The van der Waals surface area contributed by atoms with Gasteiger partial charge in [-0.25, -0.2) is 4.39 Å².